The van der Waals surface area contributed by atoms with Crippen LogP contribution in [0.5, 0.6) is 0 Å². The van der Waals surface area contributed by atoms with E-state index in [0.717, 1.165) is 13.0 Å². The van der Waals surface area contributed by atoms with E-state index in [1.54, 1.807) is 0 Å². The van der Waals surface area contributed by atoms with Crippen molar-refractivity contribution in [1.29, 1.82) is 0 Å². The van der Waals surface area contributed by atoms with Gasteiger partial charge in [-0.1, -0.05) is 12.5 Å². The molecule has 0 spiro atoms. The predicted molar refractivity (Wildman–Crippen MR) is 67.0 cm³/mol. The van der Waals surface area contributed by atoms with Gasteiger partial charge in [-0.05, 0) is 25.8 Å². The van der Waals surface area contributed by atoms with Crippen molar-refractivity contribution in [3.05, 3.63) is 12.7 Å². The van der Waals surface area contributed by atoms with E-state index in [0.29, 0.717) is 18.6 Å². The zero-order valence-corrected chi connectivity index (χ0v) is 10.3. The van der Waals surface area contributed by atoms with Crippen LogP contribution in [0.25, 0.3) is 0 Å². The normalized spacial score (nSPS) is 29.2. The first-order valence-corrected chi connectivity index (χ1v) is 6.53. The van der Waals surface area contributed by atoms with Crippen LogP contribution >= 0.6 is 0 Å². The predicted octanol–water partition coefficient (Wildman–Crippen LogP) is 1.19. The van der Waals surface area contributed by atoms with E-state index in [4.69, 9.17) is 5.11 Å². The van der Waals surface area contributed by atoms with Gasteiger partial charge in [0.2, 0.25) is 0 Å². The first-order chi connectivity index (χ1) is 8.22. The first-order valence-electron chi connectivity index (χ1n) is 6.53. The molecule has 4 nitrogen and oxygen atoms in total. The summed E-state index contributed by atoms with van der Waals surface area (Å²) in [4.78, 5) is 15.5. The Balaban J connectivity index is 2.02. The Morgan fingerprint density at radius 2 is 2.24 bits per heavy atom. The molecule has 2 heterocycles. The fourth-order valence-electron chi connectivity index (χ4n) is 3.30. The lowest BCUT2D eigenvalue weighted by molar-refractivity contribution is -0.138. The third-order valence-electron chi connectivity index (χ3n) is 3.99. The molecule has 0 aliphatic carbocycles. The maximum Gasteiger partial charge on any atom is 0.317 e. The minimum Gasteiger partial charge on any atom is -0.480 e. The van der Waals surface area contributed by atoms with Crippen LogP contribution < -0.4 is 0 Å². The highest BCUT2D eigenvalue weighted by Crippen LogP contribution is 2.30. The van der Waals surface area contributed by atoms with Gasteiger partial charge >= 0.3 is 5.97 Å². The molecular formula is C13H22N2O2. The number of piperidine rings is 1. The van der Waals surface area contributed by atoms with Gasteiger partial charge < -0.3 is 5.11 Å². The van der Waals surface area contributed by atoms with Crippen molar-refractivity contribution in [2.75, 3.05) is 26.2 Å². The molecule has 4 heteroatoms. The molecule has 2 rings (SSSR count). The number of aliphatic carboxylic acids is 1. The van der Waals surface area contributed by atoms with Gasteiger partial charge in [-0.3, -0.25) is 14.6 Å². The van der Waals surface area contributed by atoms with E-state index in [2.05, 4.69) is 16.4 Å². The van der Waals surface area contributed by atoms with Gasteiger partial charge in [0.1, 0.15) is 0 Å². The molecule has 2 atom stereocenters. The molecule has 0 aromatic heterocycles. The van der Waals surface area contributed by atoms with E-state index < -0.39 is 5.97 Å². The second kappa shape index (κ2) is 5.65. The number of carbonyl (C=O) groups is 1. The molecule has 0 bridgehead atoms. The van der Waals surface area contributed by atoms with Crippen LogP contribution in [-0.4, -0.2) is 59.1 Å². The number of nitrogens with zero attached hydrogens (tertiary/aromatic N) is 2. The van der Waals surface area contributed by atoms with Crippen LogP contribution in [-0.2, 0) is 4.79 Å². The van der Waals surface area contributed by atoms with Crippen molar-refractivity contribution in [3.8, 4) is 0 Å². The first kappa shape index (κ1) is 12.6. The molecule has 0 aromatic rings. The smallest absolute Gasteiger partial charge is 0.317 e. The average molecular weight is 238 g/mol. The molecule has 96 valence electrons. The fraction of sp³-hybridized carbons (Fsp3) is 0.769. The minimum absolute atomic E-state index is 0.140. The Hall–Kier alpha value is -0.870. The molecule has 0 aromatic carbocycles. The van der Waals surface area contributed by atoms with E-state index in [1.165, 1.54) is 25.8 Å². The molecule has 0 saturated carbocycles. The topological polar surface area (TPSA) is 43.8 Å². The summed E-state index contributed by atoms with van der Waals surface area (Å²) in [6.45, 7) is 6.87. The quantitative estimate of drug-likeness (QED) is 0.731. The van der Waals surface area contributed by atoms with Crippen LogP contribution in [0.15, 0.2) is 12.7 Å². The molecule has 2 aliphatic rings. The lowest BCUT2D eigenvalue weighted by Crippen LogP contribution is -2.48. The molecule has 0 radical (unpaired) electrons. The summed E-state index contributed by atoms with van der Waals surface area (Å²) in [6.07, 6.45) is 6.72. The van der Waals surface area contributed by atoms with Crippen molar-refractivity contribution < 1.29 is 9.90 Å². The Kier molecular flexibility index (Phi) is 4.18. The molecule has 2 unspecified atom stereocenters. The van der Waals surface area contributed by atoms with Crippen molar-refractivity contribution in [1.82, 2.24) is 9.80 Å². The van der Waals surface area contributed by atoms with Gasteiger partial charge in [-0.25, -0.2) is 0 Å². The lowest BCUT2D eigenvalue weighted by atomic mass is 9.98. The Morgan fingerprint density at radius 3 is 2.94 bits per heavy atom. The van der Waals surface area contributed by atoms with Crippen LogP contribution in [0.1, 0.15) is 25.7 Å². The summed E-state index contributed by atoms with van der Waals surface area (Å²) in [5.41, 5.74) is 0. The number of hydrogen-bond donors (Lipinski definition) is 1. The summed E-state index contributed by atoms with van der Waals surface area (Å²) in [6, 6.07) is 0.979. The maximum absolute atomic E-state index is 10.9. The van der Waals surface area contributed by atoms with E-state index in [1.807, 2.05) is 6.08 Å². The van der Waals surface area contributed by atoms with Gasteiger partial charge in [-0.15, -0.1) is 6.58 Å². The van der Waals surface area contributed by atoms with Gasteiger partial charge in [0.15, 0.2) is 0 Å². The van der Waals surface area contributed by atoms with Crippen molar-refractivity contribution in [2.45, 2.75) is 37.8 Å². The highest BCUT2D eigenvalue weighted by atomic mass is 16.4. The summed E-state index contributed by atoms with van der Waals surface area (Å²) < 4.78 is 0. The summed E-state index contributed by atoms with van der Waals surface area (Å²) in [5, 5.41) is 8.98. The van der Waals surface area contributed by atoms with Gasteiger partial charge in [0, 0.05) is 25.2 Å². The van der Waals surface area contributed by atoms with Gasteiger partial charge in [-0.2, -0.15) is 0 Å². The van der Waals surface area contributed by atoms with E-state index >= 15 is 0 Å². The Labute approximate surface area is 103 Å². The van der Waals surface area contributed by atoms with Gasteiger partial charge in [0.25, 0.3) is 0 Å². The number of carboxylic acids is 1. The fourth-order valence-corrected chi connectivity index (χ4v) is 3.30. The SMILES string of the molecule is C=CCN(CC(=O)O)C1CCN2CCCCC12. The summed E-state index contributed by atoms with van der Waals surface area (Å²) in [5.74, 6) is -0.735. The Morgan fingerprint density at radius 1 is 1.41 bits per heavy atom. The van der Waals surface area contributed by atoms with Crippen molar-refractivity contribution in [2.24, 2.45) is 0 Å². The number of carboxylic acid groups (broad SMARTS) is 1. The van der Waals surface area contributed by atoms with Crippen LogP contribution in [0.4, 0.5) is 0 Å². The largest absolute Gasteiger partial charge is 0.480 e. The second-order valence-corrected chi connectivity index (χ2v) is 5.07. The zero-order valence-electron chi connectivity index (χ0n) is 10.3. The number of rotatable bonds is 5. The van der Waals surface area contributed by atoms with Crippen molar-refractivity contribution >= 4 is 5.97 Å². The van der Waals surface area contributed by atoms with E-state index in [-0.39, 0.29) is 6.54 Å². The maximum atomic E-state index is 10.9. The number of hydrogen-bond acceptors (Lipinski definition) is 3. The molecule has 2 fully saturated rings. The molecular weight excluding hydrogens is 216 g/mol. The molecule has 2 saturated heterocycles. The minimum atomic E-state index is -0.735. The molecule has 17 heavy (non-hydrogen) atoms. The third kappa shape index (κ3) is 2.87. The molecule has 0 amide bonds. The Bertz CT molecular complexity index is 293. The van der Waals surface area contributed by atoms with Crippen LogP contribution in [0.2, 0.25) is 0 Å². The number of fused-ring (bicyclic) bond motifs is 1. The zero-order chi connectivity index (χ0) is 12.3. The van der Waals surface area contributed by atoms with Crippen LogP contribution in [0.3, 0.4) is 0 Å². The van der Waals surface area contributed by atoms with Crippen LogP contribution in [0, 0.1) is 0 Å². The van der Waals surface area contributed by atoms with E-state index in [9.17, 15) is 4.79 Å². The standard InChI is InChI=1S/C13H22N2O2/c1-2-7-15(10-13(16)17)12-6-9-14-8-4-3-5-11(12)14/h2,11-12H,1,3-10H2,(H,16,17). The lowest BCUT2D eigenvalue weighted by Gasteiger charge is -2.36. The summed E-state index contributed by atoms with van der Waals surface area (Å²) >= 11 is 0. The third-order valence-corrected chi connectivity index (χ3v) is 3.99. The second-order valence-electron chi connectivity index (χ2n) is 5.07. The molecule has 1 N–H and O–H groups in total. The molecule has 2 aliphatic heterocycles. The van der Waals surface area contributed by atoms with Gasteiger partial charge in [0.05, 0.1) is 6.54 Å². The van der Waals surface area contributed by atoms with Crippen molar-refractivity contribution in [3.63, 3.8) is 0 Å². The monoisotopic (exact) mass is 238 g/mol. The highest BCUT2D eigenvalue weighted by molar-refractivity contribution is 5.69. The average Bonchev–Trinajstić information content (AvgIpc) is 2.71. The summed E-state index contributed by atoms with van der Waals surface area (Å²) in [7, 11) is 0. The highest BCUT2D eigenvalue weighted by Gasteiger charge is 2.38.